The number of amides is 3. The Morgan fingerprint density at radius 2 is 1.51 bits per heavy atom. The maximum absolute atomic E-state index is 14.0. The van der Waals surface area contributed by atoms with Crippen LogP contribution < -0.4 is 10.6 Å². The summed E-state index contributed by atoms with van der Waals surface area (Å²) < 4.78 is 0. The third kappa shape index (κ3) is 5.66. The quantitative estimate of drug-likeness (QED) is 0.227. The molecular weight excluding hydrogens is 534 g/mol. The molecule has 1 aliphatic heterocycles. The first-order chi connectivity index (χ1) is 20.6. The van der Waals surface area contributed by atoms with Crippen LogP contribution in [0.2, 0.25) is 0 Å². The molecule has 6 nitrogen and oxygen atoms in total. The van der Waals surface area contributed by atoms with Crippen LogP contribution in [0.25, 0.3) is 32.3 Å². The molecule has 6 rings (SSSR count). The lowest BCUT2D eigenvalue weighted by atomic mass is 9.87. The molecular formula is C37H39N3O3. The molecule has 5 aromatic rings. The molecule has 1 saturated heterocycles. The van der Waals surface area contributed by atoms with Gasteiger partial charge in [-0.2, -0.15) is 0 Å². The van der Waals surface area contributed by atoms with Crippen molar-refractivity contribution in [3.8, 4) is 0 Å². The number of benzene rings is 5. The van der Waals surface area contributed by atoms with Crippen LogP contribution in [-0.2, 0) is 32.8 Å². The largest absolute Gasteiger partial charge is 0.350 e. The Hall–Kier alpha value is -4.45. The van der Waals surface area contributed by atoms with E-state index in [1.54, 1.807) is 4.90 Å². The maximum Gasteiger partial charge on any atom is 0.246 e. The van der Waals surface area contributed by atoms with Gasteiger partial charge in [0.2, 0.25) is 17.7 Å². The Morgan fingerprint density at radius 1 is 0.860 bits per heavy atom. The average Bonchev–Trinajstić information content (AvgIpc) is 3.48. The van der Waals surface area contributed by atoms with Crippen LogP contribution in [0, 0.1) is 0 Å². The van der Waals surface area contributed by atoms with Gasteiger partial charge in [0.25, 0.3) is 0 Å². The fourth-order valence-corrected chi connectivity index (χ4v) is 6.57. The van der Waals surface area contributed by atoms with Gasteiger partial charge in [0.15, 0.2) is 0 Å². The van der Waals surface area contributed by atoms with Crippen LogP contribution in [0.1, 0.15) is 57.2 Å². The Labute approximate surface area is 252 Å². The fourth-order valence-electron chi connectivity index (χ4n) is 6.57. The predicted octanol–water partition coefficient (Wildman–Crippen LogP) is 6.24. The van der Waals surface area contributed by atoms with Crippen LogP contribution in [0.3, 0.4) is 0 Å². The predicted molar refractivity (Wildman–Crippen MR) is 173 cm³/mol. The standard InChI is InChI=1S/C37H39N3O3/c1-23(41)39-31(21-28-15-14-27-13-12-25-7-5-8-26-16-19-30(28)34(27)33(25)26)36(43)40-20-6-9-32(40)35(42)38-22-24-10-17-29(18-11-24)37(2,3)4/h5,7-8,10-19,31-32H,6,9,20-22H2,1-4H3,(H,38,42)(H,39,41)/t31-,32-/m0/s1. The number of likely N-dealkylation sites (tertiary alicyclic amines) is 1. The minimum atomic E-state index is -0.769. The molecule has 5 aromatic carbocycles. The summed E-state index contributed by atoms with van der Waals surface area (Å²) in [5.74, 6) is -0.641. The van der Waals surface area contributed by atoms with E-state index < -0.39 is 12.1 Å². The topological polar surface area (TPSA) is 78.5 Å². The number of nitrogens with one attached hydrogen (secondary N) is 2. The SMILES string of the molecule is CC(=O)N[C@@H](Cc1ccc2ccc3cccc4ccc1c2c34)C(=O)N1CCC[C@H]1C(=O)NCc1ccc(C(C)(C)C)cc1. The highest BCUT2D eigenvalue weighted by Gasteiger charge is 2.37. The van der Waals surface area contributed by atoms with Crippen LogP contribution >= 0.6 is 0 Å². The van der Waals surface area contributed by atoms with Crippen molar-refractivity contribution in [1.82, 2.24) is 15.5 Å². The van der Waals surface area contributed by atoms with E-state index in [9.17, 15) is 14.4 Å². The summed E-state index contributed by atoms with van der Waals surface area (Å²) in [4.78, 5) is 41.3. The summed E-state index contributed by atoms with van der Waals surface area (Å²) in [5.41, 5.74) is 3.32. The van der Waals surface area contributed by atoms with Crippen LogP contribution in [-0.4, -0.2) is 41.2 Å². The Morgan fingerprint density at radius 3 is 2.19 bits per heavy atom. The molecule has 220 valence electrons. The zero-order valence-electron chi connectivity index (χ0n) is 25.4. The van der Waals surface area contributed by atoms with E-state index in [2.05, 4.69) is 98.1 Å². The first-order valence-electron chi connectivity index (χ1n) is 15.2. The van der Waals surface area contributed by atoms with Crippen molar-refractivity contribution in [1.29, 1.82) is 0 Å². The van der Waals surface area contributed by atoms with Gasteiger partial charge < -0.3 is 15.5 Å². The molecule has 0 radical (unpaired) electrons. The van der Waals surface area contributed by atoms with E-state index in [0.717, 1.165) is 28.3 Å². The third-order valence-corrected chi connectivity index (χ3v) is 8.84. The molecule has 3 amide bonds. The van der Waals surface area contributed by atoms with E-state index in [4.69, 9.17) is 0 Å². The summed E-state index contributed by atoms with van der Waals surface area (Å²) in [7, 11) is 0. The number of carbonyl (C=O) groups is 3. The van der Waals surface area contributed by atoms with Crippen molar-refractivity contribution in [3.05, 3.63) is 95.6 Å². The maximum atomic E-state index is 14.0. The van der Waals surface area contributed by atoms with Gasteiger partial charge in [0, 0.05) is 26.4 Å². The van der Waals surface area contributed by atoms with Gasteiger partial charge in [-0.3, -0.25) is 14.4 Å². The lowest BCUT2D eigenvalue weighted by Crippen LogP contribution is -2.53. The highest BCUT2D eigenvalue weighted by Crippen LogP contribution is 2.36. The van der Waals surface area contributed by atoms with Crippen LogP contribution in [0.4, 0.5) is 0 Å². The molecule has 0 aliphatic carbocycles. The van der Waals surface area contributed by atoms with Gasteiger partial charge in [0.1, 0.15) is 12.1 Å². The molecule has 43 heavy (non-hydrogen) atoms. The lowest BCUT2D eigenvalue weighted by Gasteiger charge is -2.29. The zero-order chi connectivity index (χ0) is 30.3. The van der Waals surface area contributed by atoms with Crippen molar-refractivity contribution in [2.45, 2.75) is 71.0 Å². The molecule has 2 atom stereocenters. The molecule has 0 bridgehead atoms. The van der Waals surface area contributed by atoms with Crippen molar-refractivity contribution in [3.63, 3.8) is 0 Å². The Bertz CT molecular complexity index is 1800. The highest BCUT2D eigenvalue weighted by atomic mass is 16.2. The molecule has 2 N–H and O–H groups in total. The van der Waals surface area contributed by atoms with Crippen molar-refractivity contribution in [2.24, 2.45) is 0 Å². The summed E-state index contributed by atoms with van der Waals surface area (Å²) in [6.45, 7) is 8.85. The minimum Gasteiger partial charge on any atom is -0.350 e. The van der Waals surface area contributed by atoms with Gasteiger partial charge in [-0.15, -0.1) is 0 Å². The van der Waals surface area contributed by atoms with Crippen LogP contribution in [0.5, 0.6) is 0 Å². The monoisotopic (exact) mass is 573 g/mol. The summed E-state index contributed by atoms with van der Waals surface area (Å²) in [5, 5.41) is 12.9. The molecule has 6 heteroatoms. The Kier molecular flexibility index (Phi) is 7.55. The van der Waals surface area contributed by atoms with E-state index in [1.165, 1.54) is 34.0 Å². The molecule has 0 spiro atoms. The lowest BCUT2D eigenvalue weighted by molar-refractivity contribution is -0.141. The first kappa shape index (κ1) is 28.7. The normalized spacial score (nSPS) is 16.2. The first-order valence-corrected chi connectivity index (χ1v) is 15.2. The number of carbonyl (C=O) groups excluding carboxylic acids is 3. The second-order valence-corrected chi connectivity index (χ2v) is 12.9. The number of hydrogen-bond donors (Lipinski definition) is 2. The van der Waals surface area contributed by atoms with Gasteiger partial charge in [-0.1, -0.05) is 99.6 Å². The zero-order valence-corrected chi connectivity index (χ0v) is 25.4. The second-order valence-electron chi connectivity index (χ2n) is 12.9. The van der Waals surface area contributed by atoms with E-state index in [0.29, 0.717) is 25.9 Å². The van der Waals surface area contributed by atoms with E-state index >= 15 is 0 Å². The number of nitrogens with zero attached hydrogens (tertiary/aromatic N) is 1. The van der Waals surface area contributed by atoms with Gasteiger partial charge in [0.05, 0.1) is 0 Å². The number of hydrogen-bond acceptors (Lipinski definition) is 3. The highest BCUT2D eigenvalue weighted by molar-refractivity contribution is 6.23. The van der Waals surface area contributed by atoms with Gasteiger partial charge in [-0.05, 0) is 67.3 Å². The van der Waals surface area contributed by atoms with E-state index in [1.807, 2.05) is 12.1 Å². The van der Waals surface area contributed by atoms with Crippen molar-refractivity contribution < 1.29 is 14.4 Å². The fraction of sp³-hybridized carbons (Fsp3) is 0.324. The molecule has 0 aromatic heterocycles. The number of rotatable bonds is 7. The smallest absolute Gasteiger partial charge is 0.246 e. The van der Waals surface area contributed by atoms with Gasteiger partial charge >= 0.3 is 0 Å². The van der Waals surface area contributed by atoms with Crippen LogP contribution in [0.15, 0.2) is 78.9 Å². The molecule has 1 aliphatic rings. The van der Waals surface area contributed by atoms with E-state index in [-0.39, 0.29) is 23.1 Å². The molecule has 1 fully saturated rings. The minimum absolute atomic E-state index is 0.0640. The molecule has 1 heterocycles. The molecule has 0 saturated carbocycles. The average molecular weight is 574 g/mol. The summed E-state index contributed by atoms with van der Waals surface area (Å²) >= 11 is 0. The molecule has 0 unspecified atom stereocenters. The third-order valence-electron chi connectivity index (χ3n) is 8.84. The summed E-state index contributed by atoms with van der Waals surface area (Å²) in [6, 6.07) is 26.0. The van der Waals surface area contributed by atoms with Crippen molar-refractivity contribution in [2.75, 3.05) is 6.54 Å². The van der Waals surface area contributed by atoms with Crippen molar-refractivity contribution >= 4 is 50.0 Å². The Balaban J connectivity index is 1.22. The van der Waals surface area contributed by atoms with Gasteiger partial charge in [-0.25, -0.2) is 0 Å². The summed E-state index contributed by atoms with van der Waals surface area (Å²) in [6.07, 6.45) is 1.69. The second kappa shape index (κ2) is 11.3.